The summed E-state index contributed by atoms with van der Waals surface area (Å²) >= 11 is 0. The second kappa shape index (κ2) is 7.21. The zero-order chi connectivity index (χ0) is 15.7. The molecule has 4 fully saturated rings. The highest BCUT2D eigenvalue weighted by atomic mass is 15.2. The van der Waals surface area contributed by atoms with Crippen molar-refractivity contribution in [2.24, 2.45) is 11.8 Å². The van der Waals surface area contributed by atoms with Crippen LogP contribution in [0.3, 0.4) is 0 Å². The Morgan fingerprint density at radius 3 is 1.09 bits per heavy atom. The molecular weight excluding hydrogens is 268 g/mol. The second-order valence-corrected chi connectivity index (χ2v) is 8.96. The molecule has 0 saturated carbocycles. The zero-order valence-corrected chi connectivity index (χ0v) is 15.4. The molecule has 0 amide bonds. The van der Waals surface area contributed by atoms with Crippen molar-refractivity contribution in [2.45, 2.75) is 102 Å². The van der Waals surface area contributed by atoms with Crippen LogP contribution in [0.1, 0.15) is 78.1 Å². The van der Waals surface area contributed by atoms with E-state index in [0.29, 0.717) is 0 Å². The Morgan fingerprint density at radius 2 is 0.818 bits per heavy atom. The molecule has 4 bridgehead atoms. The predicted molar refractivity (Wildman–Crippen MR) is 95.2 cm³/mol. The fourth-order valence-corrected chi connectivity index (χ4v) is 5.78. The van der Waals surface area contributed by atoms with Crippen molar-refractivity contribution in [3.05, 3.63) is 0 Å². The van der Waals surface area contributed by atoms with Crippen LogP contribution >= 0.6 is 0 Å². The van der Waals surface area contributed by atoms with E-state index in [1.54, 1.807) is 0 Å². The first-order chi connectivity index (χ1) is 10.5. The van der Waals surface area contributed by atoms with Gasteiger partial charge in [-0.05, 0) is 77.3 Å². The number of hydrogen-bond donors (Lipinski definition) is 0. The third-order valence-corrected chi connectivity index (χ3v) is 7.15. The Hall–Kier alpha value is -0.0800. The minimum atomic E-state index is 0.928. The van der Waals surface area contributed by atoms with Crippen LogP contribution in [0.2, 0.25) is 0 Å². The summed E-state index contributed by atoms with van der Waals surface area (Å²) in [6.45, 7) is 4.83. The van der Waals surface area contributed by atoms with Crippen LogP contribution in [-0.2, 0) is 0 Å². The Labute approximate surface area is 138 Å². The largest absolute Gasteiger partial charge is 0.300 e. The van der Waals surface area contributed by atoms with E-state index in [2.05, 4.69) is 37.7 Å². The molecule has 128 valence electrons. The van der Waals surface area contributed by atoms with Crippen molar-refractivity contribution in [1.82, 2.24) is 9.80 Å². The molecule has 4 atom stereocenters. The van der Waals surface area contributed by atoms with E-state index in [-0.39, 0.29) is 0 Å². The summed E-state index contributed by atoms with van der Waals surface area (Å²) < 4.78 is 0. The molecule has 0 aromatic carbocycles. The van der Waals surface area contributed by atoms with Gasteiger partial charge in [0.1, 0.15) is 0 Å². The number of piperidine rings is 4. The molecule has 0 aromatic rings. The normalized spacial score (nSPS) is 45.8. The Kier molecular flexibility index (Phi) is 5.50. The van der Waals surface area contributed by atoms with Gasteiger partial charge in [0.05, 0.1) is 0 Å². The van der Waals surface area contributed by atoms with E-state index in [1.807, 2.05) is 0 Å². The van der Waals surface area contributed by atoms with Gasteiger partial charge < -0.3 is 9.80 Å². The van der Waals surface area contributed by atoms with Gasteiger partial charge in [0.15, 0.2) is 0 Å². The van der Waals surface area contributed by atoms with Gasteiger partial charge in [0.25, 0.3) is 0 Å². The summed E-state index contributed by atoms with van der Waals surface area (Å²) in [7, 11) is 4.64. The first-order valence-corrected chi connectivity index (χ1v) is 9.98. The van der Waals surface area contributed by atoms with Crippen molar-refractivity contribution in [2.75, 3.05) is 14.1 Å². The van der Waals surface area contributed by atoms with E-state index >= 15 is 0 Å². The molecule has 4 heterocycles. The van der Waals surface area contributed by atoms with Crippen LogP contribution in [0, 0.1) is 11.8 Å². The van der Waals surface area contributed by atoms with Crippen molar-refractivity contribution < 1.29 is 0 Å². The van der Waals surface area contributed by atoms with Gasteiger partial charge in [0.2, 0.25) is 0 Å². The van der Waals surface area contributed by atoms with Gasteiger partial charge in [-0.15, -0.1) is 0 Å². The minimum Gasteiger partial charge on any atom is -0.300 e. The summed E-state index contributed by atoms with van der Waals surface area (Å²) in [5.41, 5.74) is 0. The molecule has 4 saturated heterocycles. The maximum absolute atomic E-state index is 2.63. The van der Waals surface area contributed by atoms with Crippen LogP contribution in [0.5, 0.6) is 0 Å². The van der Waals surface area contributed by atoms with Crippen LogP contribution in [0.4, 0.5) is 0 Å². The summed E-state index contributed by atoms with van der Waals surface area (Å²) in [6, 6.07) is 3.71. The SMILES string of the molecule is CC1CC2CCCC(C1)N2C.CC1CC2CCCC(C1)N2C. The molecule has 0 radical (unpaired) electrons. The molecular formula is C20H38N2. The molecule has 0 aromatic heterocycles. The monoisotopic (exact) mass is 306 g/mol. The van der Waals surface area contributed by atoms with Crippen molar-refractivity contribution >= 4 is 0 Å². The topological polar surface area (TPSA) is 6.48 Å². The third kappa shape index (κ3) is 3.70. The van der Waals surface area contributed by atoms with Crippen molar-refractivity contribution in [3.8, 4) is 0 Å². The van der Waals surface area contributed by atoms with E-state index in [1.165, 1.54) is 64.2 Å². The lowest BCUT2D eigenvalue weighted by molar-refractivity contribution is 0.0415. The smallest absolute Gasteiger partial charge is 0.00977 e. The van der Waals surface area contributed by atoms with E-state index in [0.717, 1.165) is 36.0 Å². The first-order valence-electron chi connectivity index (χ1n) is 9.98. The molecule has 4 aliphatic heterocycles. The van der Waals surface area contributed by atoms with E-state index in [4.69, 9.17) is 0 Å². The average molecular weight is 307 g/mol. The van der Waals surface area contributed by atoms with Crippen LogP contribution in [-0.4, -0.2) is 48.1 Å². The van der Waals surface area contributed by atoms with Gasteiger partial charge in [-0.3, -0.25) is 0 Å². The van der Waals surface area contributed by atoms with Gasteiger partial charge >= 0.3 is 0 Å². The lowest BCUT2D eigenvalue weighted by Gasteiger charge is -2.46. The standard InChI is InChI=1S/2C10H19N/c2*1-8-6-9-4-3-5-10(7-8)11(9)2/h2*8-10H,3-7H2,1-2H3. The van der Waals surface area contributed by atoms with Crippen molar-refractivity contribution in [1.29, 1.82) is 0 Å². The molecule has 2 nitrogen and oxygen atoms in total. The number of fused-ring (bicyclic) bond motifs is 4. The molecule has 2 heteroatoms. The fraction of sp³-hybridized carbons (Fsp3) is 1.00. The molecule has 4 rings (SSSR count). The van der Waals surface area contributed by atoms with Crippen LogP contribution in [0.25, 0.3) is 0 Å². The van der Waals surface area contributed by atoms with Crippen LogP contribution < -0.4 is 0 Å². The maximum Gasteiger partial charge on any atom is 0.00977 e. The first kappa shape index (κ1) is 16.8. The van der Waals surface area contributed by atoms with Crippen LogP contribution in [0.15, 0.2) is 0 Å². The summed E-state index contributed by atoms with van der Waals surface area (Å²) in [5, 5.41) is 0. The van der Waals surface area contributed by atoms with Gasteiger partial charge in [0, 0.05) is 24.2 Å². The molecule has 4 unspecified atom stereocenters. The quantitative estimate of drug-likeness (QED) is 0.648. The molecule has 0 aliphatic carbocycles. The zero-order valence-electron chi connectivity index (χ0n) is 15.4. The Morgan fingerprint density at radius 1 is 0.545 bits per heavy atom. The highest BCUT2D eigenvalue weighted by Gasteiger charge is 2.34. The number of rotatable bonds is 0. The summed E-state index contributed by atoms with van der Waals surface area (Å²) in [6.07, 6.45) is 14.6. The maximum atomic E-state index is 2.63. The Bertz CT molecular complexity index is 294. The molecule has 0 spiro atoms. The predicted octanol–water partition coefficient (Wildman–Crippen LogP) is 4.54. The summed E-state index contributed by atoms with van der Waals surface area (Å²) in [4.78, 5) is 5.26. The lowest BCUT2D eigenvalue weighted by Crippen LogP contribution is -2.49. The molecule has 0 N–H and O–H groups in total. The third-order valence-electron chi connectivity index (χ3n) is 7.15. The average Bonchev–Trinajstić information content (AvgIpc) is 2.43. The van der Waals surface area contributed by atoms with Gasteiger partial charge in [-0.25, -0.2) is 0 Å². The van der Waals surface area contributed by atoms with E-state index in [9.17, 15) is 0 Å². The number of nitrogens with zero attached hydrogens (tertiary/aromatic N) is 2. The fourth-order valence-electron chi connectivity index (χ4n) is 5.78. The summed E-state index contributed by atoms with van der Waals surface area (Å²) in [5.74, 6) is 1.97. The van der Waals surface area contributed by atoms with Crippen molar-refractivity contribution in [3.63, 3.8) is 0 Å². The molecule has 4 aliphatic rings. The number of hydrogen-bond acceptors (Lipinski definition) is 2. The highest BCUT2D eigenvalue weighted by Crippen LogP contribution is 2.36. The van der Waals surface area contributed by atoms with E-state index < -0.39 is 0 Å². The lowest BCUT2D eigenvalue weighted by atomic mass is 9.80. The highest BCUT2D eigenvalue weighted by molar-refractivity contribution is 4.90. The van der Waals surface area contributed by atoms with Gasteiger partial charge in [-0.1, -0.05) is 26.7 Å². The Balaban J connectivity index is 0.000000131. The molecule has 22 heavy (non-hydrogen) atoms. The minimum absolute atomic E-state index is 0.928. The second-order valence-electron chi connectivity index (χ2n) is 8.96. The van der Waals surface area contributed by atoms with Gasteiger partial charge in [-0.2, -0.15) is 0 Å².